The molecule has 128 valence electrons. The normalized spacial score (nSPS) is 36.2. The van der Waals surface area contributed by atoms with Gasteiger partial charge in [0.25, 0.3) is 0 Å². The van der Waals surface area contributed by atoms with Crippen LogP contribution in [0.3, 0.4) is 0 Å². The van der Waals surface area contributed by atoms with E-state index in [4.69, 9.17) is 9.47 Å². The molecule has 2 aliphatic heterocycles. The van der Waals surface area contributed by atoms with Crippen molar-refractivity contribution in [3.8, 4) is 0 Å². The van der Waals surface area contributed by atoms with Gasteiger partial charge in [-0.05, 0) is 54.4 Å². The molecule has 0 saturated carbocycles. The van der Waals surface area contributed by atoms with Gasteiger partial charge in [-0.25, -0.2) is 0 Å². The Bertz CT molecular complexity index is 452. The van der Waals surface area contributed by atoms with E-state index in [1.54, 1.807) is 0 Å². The molecule has 0 radical (unpaired) electrons. The summed E-state index contributed by atoms with van der Waals surface area (Å²) in [6.45, 7) is 15.5. The van der Waals surface area contributed by atoms with Crippen LogP contribution in [0.4, 0.5) is 0 Å². The first-order valence-corrected chi connectivity index (χ1v) is 8.26. The summed E-state index contributed by atoms with van der Waals surface area (Å²) in [4.78, 5) is 22.8. The summed E-state index contributed by atoms with van der Waals surface area (Å²) in [5.74, 6) is 0.465. The fourth-order valence-electron chi connectivity index (χ4n) is 3.00. The summed E-state index contributed by atoms with van der Waals surface area (Å²) in [5.41, 5.74) is -1.52. The number of ketones is 2. The van der Waals surface area contributed by atoms with E-state index in [0.717, 1.165) is 12.8 Å². The van der Waals surface area contributed by atoms with E-state index < -0.39 is 11.2 Å². The lowest BCUT2D eigenvalue weighted by Crippen LogP contribution is -2.32. The van der Waals surface area contributed by atoms with Crippen LogP contribution < -0.4 is 0 Å². The van der Waals surface area contributed by atoms with Gasteiger partial charge in [-0.3, -0.25) is 9.59 Å². The zero-order chi connectivity index (χ0) is 17.4. The van der Waals surface area contributed by atoms with Gasteiger partial charge >= 0.3 is 0 Å². The highest BCUT2D eigenvalue weighted by atomic mass is 16.5. The molecule has 0 aromatic carbocycles. The molecule has 0 aliphatic carbocycles. The minimum absolute atomic E-state index is 0.208. The van der Waals surface area contributed by atoms with Crippen molar-refractivity contribution in [2.45, 2.75) is 103 Å². The first-order chi connectivity index (χ1) is 9.79. The maximum absolute atomic E-state index is 11.4. The van der Waals surface area contributed by atoms with Crippen LogP contribution in [0, 0.1) is 0 Å². The maximum atomic E-state index is 11.4. The topological polar surface area (TPSA) is 52.6 Å². The highest BCUT2D eigenvalue weighted by molar-refractivity contribution is 5.89. The molecule has 0 spiro atoms. The van der Waals surface area contributed by atoms with Crippen LogP contribution in [-0.4, -0.2) is 34.0 Å². The van der Waals surface area contributed by atoms with Gasteiger partial charge in [0.1, 0.15) is 11.2 Å². The van der Waals surface area contributed by atoms with Crippen molar-refractivity contribution in [2.24, 2.45) is 0 Å². The third-order valence-electron chi connectivity index (χ3n) is 4.81. The Morgan fingerprint density at radius 2 is 1.36 bits per heavy atom. The minimum Gasteiger partial charge on any atom is -0.361 e. The van der Waals surface area contributed by atoms with E-state index in [2.05, 4.69) is 6.92 Å². The van der Waals surface area contributed by atoms with Gasteiger partial charge in [-0.15, -0.1) is 0 Å². The predicted molar refractivity (Wildman–Crippen MR) is 87.0 cm³/mol. The van der Waals surface area contributed by atoms with E-state index in [1.165, 1.54) is 0 Å². The number of carbonyl (C=O) groups excluding carboxylic acids is 2. The summed E-state index contributed by atoms with van der Waals surface area (Å²) in [6, 6.07) is 0. The van der Waals surface area contributed by atoms with Crippen LogP contribution in [0.1, 0.15) is 81.1 Å². The molecule has 4 nitrogen and oxygen atoms in total. The highest BCUT2D eigenvalue weighted by Gasteiger charge is 2.47. The number of Topliss-reactive ketones (excluding diaryl/α,β-unsaturated/α-hetero) is 2. The van der Waals surface area contributed by atoms with Crippen molar-refractivity contribution in [1.29, 1.82) is 0 Å². The molecule has 0 aromatic heterocycles. The molecule has 22 heavy (non-hydrogen) atoms. The number of ether oxygens (including phenoxy) is 2. The molecule has 2 heterocycles. The Morgan fingerprint density at radius 1 is 0.818 bits per heavy atom. The highest BCUT2D eigenvalue weighted by Crippen LogP contribution is 2.37. The molecule has 0 aromatic rings. The molecule has 2 saturated heterocycles. The van der Waals surface area contributed by atoms with Crippen LogP contribution in [0.5, 0.6) is 0 Å². The monoisotopic (exact) mass is 312 g/mol. The first-order valence-electron chi connectivity index (χ1n) is 8.26. The largest absolute Gasteiger partial charge is 0.361 e. The molecule has 0 N–H and O–H groups in total. The first kappa shape index (κ1) is 19.3. The van der Waals surface area contributed by atoms with Crippen molar-refractivity contribution in [2.75, 3.05) is 0 Å². The molecule has 2 fully saturated rings. The Kier molecular flexibility index (Phi) is 5.30. The summed E-state index contributed by atoms with van der Waals surface area (Å²) in [7, 11) is 0. The Labute approximate surface area is 134 Å². The lowest BCUT2D eigenvalue weighted by molar-refractivity contribution is -0.135. The number of hydrogen-bond acceptors (Lipinski definition) is 4. The molecular formula is C18H32O4. The molecule has 0 amide bonds. The van der Waals surface area contributed by atoms with E-state index >= 15 is 0 Å². The standard InChI is InChI=1S/2C9H16O2/c1-5-9(4)6-7(10)8(2,3)11-9;1-5-9(4)7(10)6-8(2,3)11-9/h2*5-6H2,1-4H3. The molecule has 2 aliphatic rings. The molecule has 2 atom stereocenters. The van der Waals surface area contributed by atoms with Gasteiger partial charge in [0.05, 0.1) is 11.2 Å². The minimum atomic E-state index is -0.551. The van der Waals surface area contributed by atoms with Crippen molar-refractivity contribution in [3.63, 3.8) is 0 Å². The van der Waals surface area contributed by atoms with Gasteiger partial charge in [0.15, 0.2) is 11.6 Å². The fourth-order valence-corrected chi connectivity index (χ4v) is 3.00. The zero-order valence-corrected chi connectivity index (χ0v) is 15.5. The average Bonchev–Trinajstić information content (AvgIpc) is 2.70. The van der Waals surface area contributed by atoms with Gasteiger partial charge in [-0.2, -0.15) is 0 Å². The maximum Gasteiger partial charge on any atom is 0.167 e. The Hall–Kier alpha value is -0.740. The lowest BCUT2D eigenvalue weighted by atomic mass is 9.96. The summed E-state index contributed by atoms with van der Waals surface area (Å²) >= 11 is 0. The number of carbonyl (C=O) groups is 2. The third-order valence-corrected chi connectivity index (χ3v) is 4.81. The van der Waals surface area contributed by atoms with Crippen molar-refractivity contribution >= 4 is 11.6 Å². The molecule has 4 heteroatoms. The van der Waals surface area contributed by atoms with Gasteiger partial charge in [0.2, 0.25) is 0 Å². The van der Waals surface area contributed by atoms with Crippen LogP contribution >= 0.6 is 0 Å². The van der Waals surface area contributed by atoms with E-state index in [1.807, 2.05) is 48.5 Å². The van der Waals surface area contributed by atoms with Crippen molar-refractivity contribution in [1.82, 2.24) is 0 Å². The smallest absolute Gasteiger partial charge is 0.167 e. The molecule has 0 bridgehead atoms. The Morgan fingerprint density at radius 3 is 1.55 bits per heavy atom. The van der Waals surface area contributed by atoms with Crippen LogP contribution in [0.25, 0.3) is 0 Å². The SMILES string of the molecule is CCC1(C)CC(=O)C(C)(C)O1.CCC1(C)OC(C)(C)CC1=O. The zero-order valence-electron chi connectivity index (χ0n) is 15.5. The lowest BCUT2D eigenvalue weighted by Gasteiger charge is -2.24. The van der Waals surface area contributed by atoms with E-state index in [-0.39, 0.29) is 22.8 Å². The summed E-state index contributed by atoms with van der Waals surface area (Å²) in [5, 5.41) is 0. The molecular weight excluding hydrogens is 280 g/mol. The van der Waals surface area contributed by atoms with Crippen LogP contribution in [-0.2, 0) is 19.1 Å². The quantitative estimate of drug-likeness (QED) is 0.777. The van der Waals surface area contributed by atoms with Gasteiger partial charge < -0.3 is 9.47 Å². The Balaban J connectivity index is 0.000000220. The summed E-state index contributed by atoms with van der Waals surface area (Å²) < 4.78 is 11.3. The summed E-state index contributed by atoms with van der Waals surface area (Å²) in [6.07, 6.45) is 2.80. The second kappa shape index (κ2) is 6.04. The second-order valence-electron chi connectivity index (χ2n) is 8.06. The van der Waals surface area contributed by atoms with E-state index in [0.29, 0.717) is 12.8 Å². The molecule has 2 unspecified atom stereocenters. The number of rotatable bonds is 2. The van der Waals surface area contributed by atoms with Crippen LogP contribution in [0.15, 0.2) is 0 Å². The van der Waals surface area contributed by atoms with Gasteiger partial charge in [0, 0.05) is 12.8 Å². The third kappa shape index (κ3) is 4.17. The average molecular weight is 312 g/mol. The van der Waals surface area contributed by atoms with Gasteiger partial charge in [-0.1, -0.05) is 13.8 Å². The molecule has 2 rings (SSSR count). The predicted octanol–water partition coefficient (Wildman–Crippen LogP) is 3.85. The number of hydrogen-bond donors (Lipinski definition) is 0. The van der Waals surface area contributed by atoms with E-state index in [9.17, 15) is 9.59 Å². The van der Waals surface area contributed by atoms with Crippen molar-refractivity contribution in [3.05, 3.63) is 0 Å². The van der Waals surface area contributed by atoms with Crippen molar-refractivity contribution < 1.29 is 19.1 Å². The second-order valence-corrected chi connectivity index (χ2v) is 8.06. The van der Waals surface area contributed by atoms with Crippen LogP contribution in [0.2, 0.25) is 0 Å². The fraction of sp³-hybridized carbons (Fsp3) is 0.889.